The van der Waals surface area contributed by atoms with Crippen LogP contribution in [-0.2, 0) is 10.2 Å². The first kappa shape index (κ1) is 16.5. The number of nitrogens with zero attached hydrogens (tertiary/aromatic N) is 2. The number of rotatable bonds is 5. The molecule has 2 rings (SSSR count). The van der Waals surface area contributed by atoms with E-state index >= 15 is 0 Å². The number of carbonyl (C=O) groups is 1. The predicted molar refractivity (Wildman–Crippen MR) is 88.1 cm³/mol. The first-order valence-electron chi connectivity index (χ1n) is 7.24. The van der Waals surface area contributed by atoms with Gasteiger partial charge in [0.25, 0.3) is 0 Å². The summed E-state index contributed by atoms with van der Waals surface area (Å²) >= 11 is 1.17. The van der Waals surface area contributed by atoms with E-state index in [-0.39, 0.29) is 5.41 Å². The van der Waals surface area contributed by atoms with Crippen molar-refractivity contribution < 1.29 is 9.90 Å². The summed E-state index contributed by atoms with van der Waals surface area (Å²) in [5, 5.41) is 16.0. The van der Waals surface area contributed by atoms with Gasteiger partial charge in [0.1, 0.15) is 5.25 Å². The minimum absolute atomic E-state index is 0.108. The molecule has 0 radical (unpaired) electrons. The van der Waals surface area contributed by atoms with Gasteiger partial charge in [0.15, 0.2) is 5.82 Å². The zero-order valence-corrected chi connectivity index (χ0v) is 14.1. The maximum Gasteiger partial charge on any atom is 0.317 e. The molecule has 5 nitrogen and oxygen atoms in total. The molecule has 0 aliphatic rings. The quantitative estimate of drug-likeness (QED) is 0.821. The molecule has 0 spiro atoms. The second kappa shape index (κ2) is 6.52. The molecule has 2 N–H and O–H groups in total. The Bertz CT molecular complexity index is 644. The van der Waals surface area contributed by atoms with Gasteiger partial charge in [0, 0.05) is 5.56 Å². The Labute approximate surface area is 134 Å². The fourth-order valence-corrected chi connectivity index (χ4v) is 2.76. The minimum atomic E-state index is -0.839. The lowest BCUT2D eigenvalue weighted by Crippen LogP contribution is -2.14. The van der Waals surface area contributed by atoms with Crippen molar-refractivity contribution in [2.45, 2.75) is 49.9 Å². The molecule has 0 aliphatic heterocycles. The van der Waals surface area contributed by atoms with Crippen LogP contribution in [0.25, 0.3) is 11.4 Å². The SMILES string of the molecule is CCC(Sc1n[nH]c(-c2ccc(C(C)(C)C)cc2)n1)C(=O)O. The number of benzene rings is 1. The lowest BCUT2D eigenvalue weighted by atomic mass is 9.87. The van der Waals surface area contributed by atoms with Crippen LogP contribution in [0.5, 0.6) is 0 Å². The summed E-state index contributed by atoms with van der Waals surface area (Å²) in [6.07, 6.45) is 0.532. The van der Waals surface area contributed by atoms with Crippen LogP contribution in [-0.4, -0.2) is 31.5 Å². The summed E-state index contributed by atoms with van der Waals surface area (Å²) in [6, 6.07) is 8.17. The fraction of sp³-hybridized carbons (Fsp3) is 0.438. The summed E-state index contributed by atoms with van der Waals surface area (Å²) in [5.41, 5.74) is 2.30. The third-order valence-electron chi connectivity index (χ3n) is 3.38. The van der Waals surface area contributed by atoms with E-state index in [9.17, 15) is 4.79 Å². The molecular weight excluding hydrogens is 298 g/mol. The van der Waals surface area contributed by atoms with Crippen molar-refractivity contribution in [3.05, 3.63) is 29.8 Å². The monoisotopic (exact) mass is 319 g/mol. The summed E-state index contributed by atoms with van der Waals surface area (Å²) in [4.78, 5) is 15.4. The zero-order valence-electron chi connectivity index (χ0n) is 13.3. The van der Waals surface area contributed by atoms with Crippen molar-refractivity contribution in [2.24, 2.45) is 0 Å². The highest BCUT2D eigenvalue weighted by Gasteiger charge is 2.19. The molecule has 22 heavy (non-hydrogen) atoms. The second-order valence-corrected chi connectivity index (χ2v) is 7.32. The lowest BCUT2D eigenvalue weighted by Gasteiger charge is -2.18. The average molecular weight is 319 g/mol. The van der Waals surface area contributed by atoms with Gasteiger partial charge in [-0.15, -0.1) is 5.10 Å². The van der Waals surface area contributed by atoms with Crippen LogP contribution in [0.4, 0.5) is 0 Å². The van der Waals surface area contributed by atoms with Crippen molar-refractivity contribution in [3.8, 4) is 11.4 Å². The van der Waals surface area contributed by atoms with E-state index in [4.69, 9.17) is 5.11 Å². The van der Waals surface area contributed by atoms with Crippen LogP contribution in [0.15, 0.2) is 29.4 Å². The number of aliphatic carboxylic acids is 1. The van der Waals surface area contributed by atoms with Crippen LogP contribution >= 0.6 is 11.8 Å². The highest BCUT2D eigenvalue weighted by molar-refractivity contribution is 8.00. The summed E-state index contributed by atoms with van der Waals surface area (Å²) < 4.78 is 0. The Hall–Kier alpha value is -1.82. The summed E-state index contributed by atoms with van der Waals surface area (Å²) in [5.74, 6) is -0.184. The van der Waals surface area contributed by atoms with Crippen LogP contribution < -0.4 is 0 Å². The lowest BCUT2D eigenvalue weighted by molar-refractivity contribution is -0.136. The van der Waals surface area contributed by atoms with Gasteiger partial charge in [-0.2, -0.15) is 0 Å². The van der Waals surface area contributed by atoms with Crippen LogP contribution in [0.2, 0.25) is 0 Å². The van der Waals surface area contributed by atoms with E-state index in [2.05, 4.69) is 48.1 Å². The Kier molecular flexibility index (Phi) is 4.90. The summed E-state index contributed by atoms with van der Waals surface area (Å²) in [6.45, 7) is 8.34. The normalized spacial score (nSPS) is 13.1. The molecule has 0 aliphatic carbocycles. The predicted octanol–water partition coefficient (Wildman–Crippen LogP) is 3.72. The third-order valence-corrected chi connectivity index (χ3v) is 4.60. The summed E-state index contributed by atoms with van der Waals surface area (Å²) in [7, 11) is 0. The molecule has 118 valence electrons. The van der Waals surface area contributed by atoms with E-state index < -0.39 is 11.2 Å². The molecule has 1 unspecified atom stereocenters. The van der Waals surface area contributed by atoms with Gasteiger partial charge >= 0.3 is 5.97 Å². The van der Waals surface area contributed by atoms with Crippen LogP contribution in [0.3, 0.4) is 0 Å². The number of hydrogen-bond donors (Lipinski definition) is 2. The van der Waals surface area contributed by atoms with Crippen molar-refractivity contribution in [2.75, 3.05) is 0 Å². The van der Waals surface area contributed by atoms with Gasteiger partial charge in [-0.3, -0.25) is 9.89 Å². The topological polar surface area (TPSA) is 78.9 Å². The largest absolute Gasteiger partial charge is 0.480 e. The second-order valence-electron chi connectivity index (χ2n) is 6.15. The van der Waals surface area contributed by atoms with E-state index in [0.29, 0.717) is 17.4 Å². The number of aromatic amines is 1. The highest BCUT2D eigenvalue weighted by Crippen LogP contribution is 2.27. The zero-order chi connectivity index (χ0) is 16.3. The molecule has 1 atom stereocenters. The van der Waals surface area contributed by atoms with Crippen molar-refractivity contribution in [1.82, 2.24) is 15.2 Å². The van der Waals surface area contributed by atoms with Crippen molar-refractivity contribution >= 4 is 17.7 Å². The number of nitrogens with one attached hydrogen (secondary N) is 1. The molecule has 1 aromatic heterocycles. The fourth-order valence-electron chi connectivity index (χ4n) is 1.99. The molecular formula is C16H21N3O2S. The number of thioether (sulfide) groups is 1. The third kappa shape index (κ3) is 3.88. The minimum Gasteiger partial charge on any atom is -0.480 e. The first-order valence-corrected chi connectivity index (χ1v) is 8.12. The maximum atomic E-state index is 11.1. The van der Waals surface area contributed by atoms with Gasteiger partial charge in [0.2, 0.25) is 5.16 Å². The maximum absolute atomic E-state index is 11.1. The smallest absolute Gasteiger partial charge is 0.317 e. The molecule has 0 saturated carbocycles. The number of hydrogen-bond acceptors (Lipinski definition) is 4. The van der Waals surface area contributed by atoms with E-state index in [1.807, 2.05) is 19.1 Å². The van der Waals surface area contributed by atoms with Crippen LogP contribution in [0.1, 0.15) is 39.7 Å². The number of aromatic nitrogens is 3. The number of carboxylic acid groups (broad SMARTS) is 1. The molecule has 1 heterocycles. The van der Waals surface area contributed by atoms with Gasteiger partial charge in [-0.05, 0) is 17.4 Å². The molecule has 0 amide bonds. The van der Waals surface area contributed by atoms with Gasteiger partial charge in [-0.25, -0.2) is 4.98 Å². The van der Waals surface area contributed by atoms with Crippen molar-refractivity contribution in [3.63, 3.8) is 0 Å². The standard InChI is InChI=1S/C16H21N3O2S/c1-5-12(14(20)21)22-15-17-13(18-19-15)10-6-8-11(9-7-10)16(2,3)4/h6-9,12H,5H2,1-4H3,(H,20,21)(H,17,18,19). The molecule has 6 heteroatoms. The Morgan fingerprint density at radius 3 is 2.45 bits per heavy atom. The molecule has 1 aromatic carbocycles. The van der Waals surface area contributed by atoms with Gasteiger partial charge in [0.05, 0.1) is 0 Å². The van der Waals surface area contributed by atoms with Crippen LogP contribution in [0, 0.1) is 0 Å². The van der Waals surface area contributed by atoms with Gasteiger partial charge in [-0.1, -0.05) is 63.7 Å². The van der Waals surface area contributed by atoms with E-state index in [1.54, 1.807) is 0 Å². The highest BCUT2D eigenvalue weighted by atomic mass is 32.2. The van der Waals surface area contributed by atoms with E-state index in [0.717, 1.165) is 5.56 Å². The molecule has 0 fully saturated rings. The number of carboxylic acids is 1. The van der Waals surface area contributed by atoms with Crippen molar-refractivity contribution in [1.29, 1.82) is 0 Å². The molecule has 2 aromatic rings. The number of H-pyrrole nitrogens is 1. The Morgan fingerprint density at radius 2 is 1.95 bits per heavy atom. The molecule has 0 bridgehead atoms. The van der Waals surface area contributed by atoms with Gasteiger partial charge < -0.3 is 5.11 Å². The average Bonchev–Trinajstić information content (AvgIpc) is 2.92. The Morgan fingerprint density at radius 1 is 1.32 bits per heavy atom. The van der Waals surface area contributed by atoms with E-state index in [1.165, 1.54) is 17.3 Å². The Balaban J connectivity index is 2.16. The first-order chi connectivity index (χ1) is 10.3. The molecule has 0 saturated heterocycles.